The highest BCUT2D eigenvalue weighted by molar-refractivity contribution is 6.31. The van der Waals surface area contributed by atoms with E-state index in [1.807, 2.05) is 38.1 Å². The molecule has 1 heterocycles. The lowest BCUT2D eigenvalue weighted by Gasteiger charge is -2.17. The zero-order valence-electron chi connectivity index (χ0n) is 10.5. The van der Waals surface area contributed by atoms with Crippen LogP contribution in [0.2, 0.25) is 5.02 Å². The molecule has 1 atom stereocenters. The SMILES string of the molecule is Cc1cccc(C)c1C(O)Cc1ccncc1Cl. The lowest BCUT2D eigenvalue weighted by molar-refractivity contribution is 0.177. The molecule has 2 nitrogen and oxygen atoms in total. The first kappa shape index (κ1) is 13.1. The lowest BCUT2D eigenvalue weighted by Crippen LogP contribution is -2.06. The van der Waals surface area contributed by atoms with E-state index >= 15 is 0 Å². The molecule has 0 saturated carbocycles. The molecule has 0 bridgehead atoms. The summed E-state index contributed by atoms with van der Waals surface area (Å²) in [4.78, 5) is 3.95. The largest absolute Gasteiger partial charge is 0.388 e. The van der Waals surface area contributed by atoms with Gasteiger partial charge in [0.25, 0.3) is 0 Å². The summed E-state index contributed by atoms with van der Waals surface area (Å²) in [5.74, 6) is 0. The molecule has 1 aromatic heterocycles. The van der Waals surface area contributed by atoms with Crippen LogP contribution < -0.4 is 0 Å². The van der Waals surface area contributed by atoms with Crippen LogP contribution in [0.15, 0.2) is 36.7 Å². The molecule has 0 aliphatic heterocycles. The van der Waals surface area contributed by atoms with Crippen molar-refractivity contribution in [3.63, 3.8) is 0 Å². The Kier molecular flexibility index (Phi) is 4.00. The molecule has 1 N–H and O–H groups in total. The minimum atomic E-state index is -0.536. The van der Waals surface area contributed by atoms with Crippen molar-refractivity contribution in [2.75, 3.05) is 0 Å². The van der Waals surface area contributed by atoms with Gasteiger partial charge in [0.15, 0.2) is 0 Å². The molecule has 2 rings (SSSR count). The van der Waals surface area contributed by atoms with Crippen molar-refractivity contribution in [3.05, 3.63) is 63.9 Å². The van der Waals surface area contributed by atoms with E-state index in [4.69, 9.17) is 11.6 Å². The summed E-state index contributed by atoms with van der Waals surface area (Å²) in [5.41, 5.74) is 4.12. The average molecular weight is 262 g/mol. The van der Waals surface area contributed by atoms with Crippen molar-refractivity contribution in [3.8, 4) is 0 Å². The molecule has 0 aliphatic carbocycles. The van der Waals surface area contributed by atoms with Crippen molar-refractivity contribution < 1.29 is 5.11 Å². The predicted molar refractivity (Wildman–Crippen MR) is 73.8 cm³/mol. The maximum atomic E-state index is 10.4. The highest BCUT2D eigenvalue weighted by Crippen LogP contribution is 2.27. The van der Waals surface area contributed by atoms with Gasteiger partial charge in [0.2, 0.25) is 0 Å². The van der Waals surface area contributed by atoms with Crippen molar-refractivity contribution in [1.82, 2.24) is 4.98 Å². The van der Waals surface area contributed by atoms with Crippen molar-refractivity contribution in [1.29, 1.82) is 0 Å². The molecule has 0 fully saturated rings. The Morgan fingerprint density at radius 3 is 2.50 bits per heavy atom. The molecular formula is C15H16ClNO. The van der Waals surface area contributed by atoms with Crippen LogP contribution in [0.5, 0.6) is 0 Å². The number of benzene rings is 1. The van der Waals surface area contributed by atoms with E-state index in [0.717, 1.165) is 22.3 Å². The Balaban J connectivity index is 2.28. The molecule has 2 aromatic rings. The Labute approximate surface area is 112 Å². The second-order valence-electron chi connectivity index (χ2n) is 4.49. The fraction of sp³-hybridized carbons (Fsp3) is 0.267. The van der Waals surface area contributed by atoms with Crippen LogP contribution in [-0.4, -0.2) is 10.1 Å². The first-order chi connectivity index (χ1) is 8.59. The van der Waals surface area contributed by atoms with E-state index in [2.05, 4.69) is 4.98 Å². The molecule has 94 valence electrons. The average Bonchev–Trinajstić information content (AvgIpc) is 2.32. The van der Waals surface area contributed by atoms with Crippen molar-refractivity contribution in [2.45, 2.75) is 26.4 Å². The minimum Gasteiger partial charge on any atom is -0.388 e. The van der Waals surface area contributed by atoms with Gasteiger partial charge in [0.05, 0.1) is 11.1 Å². The van der Waals surface area contributed by atoms with E-state index in [1.54, 1.807) is 12.4 Å². The van der Waals surface area contributed by atoms with Crippen LogP contribution in [0, 0.1) is 13.8 Å². The number of aliphatic hydroxyl groups is 1. The highest BCUT2D eigenvalue weighted by atomic mass is 35.5. The van der Waals surface area contributed by atoms with Gasteiger partial charge in [-0.2, -0.15) is 0 Å². The molecule has 1 aromatic carbocycles. The summed E-state index contributed by atoms with van der Waals surface area (Å²) >= 11 is 6.06. The van der Waals surface area contributed by atoms with Gasteiger partial charge in [-0.3, -0.25) is 4.98 Å². The summed E-state index contributed by atoms with van der Waals surface area (Å²) in [5, 5.41) is 11.0. The van der Waals surface area contributed by atoms with Crippen molar-refractivity contribution in [2.24, 2.45) is 0 Å². The van der Waals surface area contributed by atoms with E-state index in [9.17, 15) is 5.11 Å². The Morgan fingerprint density at radius 1 is 1.22 bits per heavy atom. The number of hydrogen-bond donors (Lipinski definition) is 1. The third-order valence-corrected chi connectivity index (χ3v) is 3.49. The molecule has 3 heteroatoms. The second-order valence-corrected chi connectivity index (χ2v) is 4.90. The van der Waals surface area contributed by atoms with Gasteiger partial charge < -0.3 is 5.11 Å². The number of pyridine rings is 1. The lowest BCUT2D eigenvalue weighted by atomic mass is 9.94. The highest BCUT2D eigenvalue weighted by Gasteiger charge is 2.14. The summed E-state index contributed by atoms with van der Waals surface area (Å²) in [6.07, 6.45) is 3.27. The molecule has 0 saturated heterocycles. The Bertz CT molecular complexity index is 534. The Morgan fingerprint density at radius 2 is 1.89 bits per heavy atom. The van der Waals surface area contributed by atoms with Crippen LogP contribution in [0.1, 0.15) is 28.4 Å². The maximum Gasteiger partial charge on any atom is 0.0836 e. The zero-order valence-corrected chi connectivity index (χ0v) is 11.3. The molecule has 18 heavy (non-hydrogen) atoms. The van der Waals surface area contributed by atoms with Gasteiger partial charge in [0.1, 0.15) is 0 Å². The van der Waals surface area contributed by atoms with Gasteiger partial charge in [-0.15, -0.1) is 0 Å². The van der Waals surface area contributed by atoms with Crippen LogP contribution in [-0.2, 0) is 6.42 Å². The van der Waals surface area contributed by atoms with E-state index in [0.29, 0.717) is 11.4 Å². The van der Waals surface area contributed by atoms with Gasteiger partial charge in [-0.1, -0.05) is 29.8 Å². The number of halogens is 1. The van der Waals surface area contributed by atoms with Crippen molar-refractivity contribution >= 4 is 11.6 Å². The van der Waals surface area contributed by atoms with Crippen LogP contribution >= 0.6 is 11.6 Å². The first-order valence-corrected chi connectivity index (χ1v) is 6.30. The number of aryl methyl sites for hydroxylation is 2. The smallest absolute Gasteiger partial charge is 0.0836 e. The zero-order chi connectivity index (χ0) is 13.1. The molecule has 0 radical (unpaired) electrons. The molecular weight excluding hydrogens is 246 g/mol. The molecule has 0 amide bonds. The van der Waals surface area contributed by atoms with E-state index in [1.165, 1.54) is 0 Å². The molecule has 0 spiro atoms. The number of aliphatic hydroxyl groups excluding tert-OH is 1. The first-order valence-electron chi connectivity index (χ1n) is 5.92. The fourth-order valence-electron chi connectivity index (χ4n) is 2.23. The summed E-state index contributed by atoms with van der Waals surface area (Å²) < 4.78 is 0. The topological polar surface area (TPSA) is 33.1 Å². The standard InChI is InChI=1S/C15H16ClNO/c1-10-4-3-5-11(2)15(10)14(18)8-12-6-7-17-9-13(12)16/h3-7,9,14,18H,8H2,1-2H3. The monoisotopic (exact) mass is 261 g/mol. The summed E-state index contributed by atoms with van der Waals surface area (Å²) in [6.45, 7) is 4.03. The quantitative estimate of drug-likeness (QED) is 0.915. The van der Waals surface area contributed by atoms with Gasteiger partial charge in [0, 0.05) is 18.8 Å². The number of rotatable bonds is 3. The van der Waals surface area contributed by atoms with E-state index in [-0.39, 0.29) is 0 Å². The Hall–Kier alpha value is -1.38. The van der Waals surface area contributed by atoms with E-state index < -0.39 is 6.10 Å². The van der Waals surface area contributed by atoms with Gasteiger partial charge in [-0.05, 0) is 42.2 Å². The number of nitrogens with zero attached hydrogens (tertiary/aromatic N) is 1. The normalized spacial score (nSPS) is 12.4. The third kappa shape index (κ3) is 2.71. The van der Waals surface area contributed by atoms with Crippen LogP contribution in [0.25, 0.3) is 0 Å². The van der Waals surface area contributed by atoms with Gasteiger partial charge in [-0.25, -0.2) is 0 Å². The van der Waals surface area contributed by atoms with Gasteiger partial charge >= 0.3 is 0 Å². The summed E-state index contributed by atoms with van der Waals surface area (Å²) in [7, 11) is 0. The predicted octanol–water partition coefficient (Wildman–Crippen LogP) is 3.63. The molecule has 0 aliphatic rings. The minimum absolute atomic E-state index is 0.507. The maximum absolute atomic E-state index is 10.4. The number of hydrogen-bond acceptors (Lipinski definition) is 2. The fourth-order valence-corrected chi connectivity index (χ4v) is 2.43. The second kappa shape index (κ2) is 5.51. The third-order valence-electron chi connectivity index (χ3n) is 3.15. The summed E-state index contributed by atoms with van der Waals surface area (Å²) in [6, 6.07) is 7.87. The van der Waals surface area contributed by atoms with Crippen LogP contribution in [0.3, 0.4) is 0 Å². The number of aromatic nitrogens is 1. The molecule has 1 unspecified atom stereocenters. The van der Waals surface area contributed by atoms with Crippen LogP contribution in [0.4, 0.5) is 0 Å².